The smallest absolute Gasteiger partial charge is 0.250 e. The standard InChI is InChI=1S/C10H15NO2/c1-4-7(2)11-10(12)9-6-5-8(3)13-9/h1,7-9H,5-6H2,2-3H3,(H,11,12). The molecule has 1 saturated heterocycles. The predicted octanol–water partition coefficient (Wildman–Crippen LogP) is 0.692. The molecule has 0 aromatic heterocycles. The van der Waals surface area contributed by atoms with Gasteiger partial charge in [0.25, 0.3) is 0 Å². The fourth-order valence-electron chi connectivity index (χ4n) is 1.34. The molecule has 0 saturated carbocycles. The summed E-state index contributed by atoms with van der Waals surface area (Å²) in [6.45, 7) is 3.74. The summed E-state index contributed by atoms with van der Waals surface area (Å²) >= 11 is 0. The Morgan fingerprint density at radius 2 is 2.38 bits per heavy atom. The van der Waals surface area contributed by atoms with Gasteiger partial charge in [0.2, 0.25) is 5.91 Å². The molecule has 1 heterocycles. The molecule has 72 valence electrons. The minimum atomic E-state index is -0.300. The van der Waals surface area contributed by atoms with Gasteiger partial charge in [-0.3, -0.25) is 4.79 Å². The van der Waals surface area contributed by atoms with Gasteiger partial charge in [-0.05, 0) is 26.7 Å². The van der Waals surface area contributed by atoms with Crippen LogP contribution in [0.2, 0.25) is 0 Å². The highest BCUT2D eigenvalue weighted by molar-refractivity contribution is 5.81. The highest BCUT2D eigenvalue weighted by Gasteiger charge is 2.28. The lowest BCUT2D eigenvalue weighted by Gasteiger charge is -2.13. The van der Waals surface area contributed by atoms with Crippen molar-refractivity contribution < 1.29 is 9.53 Å². The fourth-order valence-corrected chi connectivity index (χ4v) is 1.34. The van der Waals surface area contributed by atoms with E-state index in [-0.39, 0.29) is 24.2 Å². The van der Waals surface area contributed by atoms with Crippen LogP contribution in [0.4, 0.5) is 0 Å². The zero-order valence-corrected chi connectivity index (χ0v) is 8.04. The minimum Gasteiger partial charge on any atom is -0.365 e. The van der Waals surface area contributed by atoms with E-state index in [1.807, 2.05) is 6.92 Å². The van der Waals surface area contributed by atoms with Gasteiger partial charge in [0.05, 0.1) is 12.1 Å². The molecule has 0 aromatic rings. The van der Waals surface area contributed by atoms with Gasteiger partial charge in [0, 0.05) is 0 Å². The van der Waals surface area contributed by atoms with Crippen LogP contribution >= 0.6 is 0 Å². The normalized spacial score (nSPS) is 29.3. The van der Waals surface area contributed by atoms with Crippen molar-refractivity contribution in [3.63, 3.8) is 0 Å². The zero-order valence-electron chi connectivity index (χ0n) is 8.04. The van der Waals surface area contributed by atoms with E-state index in [4.69, 9.17) is 11.2 Å². The number of hydrogen-bond acceptors (Lipinski definition) is 2. The van der Waals surface area contributed by atoms with Gasteiger partial charge in [0.1, 0.15) is 6.10 Å². The second kappa shape index (κ2) is 4.29. The van der Waals surface area contributed by atoms with Crippen LogP contribution in [-0.4, -0.2) is 24.2 Å². The molecule has 0 bridgehead atoms. The van der Waals surface area contributed by atoms with E-state index >= 15 is 0 Å². The zero-order chi connectivity index (χ0) is 9.84. The summed E-state index contributed by atoms with van der Waals surface area (Å²) in [6.07, 6.45) is 6.78. The molecule has 3 heteroatoms. The van der Waals surface area contributed by atoms with Gasteiger partial charge in [-0.2, -0.15) is 0 Å². The van der Waals surface area contributed by atoms with Crippen molar-refractivity contribution in [3.8, 4) is 12.3 Å². The quantitative estimate of drug-likeness (QED) is 0.636. The van der Waals surface area contributed by atoms with Gasteiger partial charge in [-0.25, -0.2) is 0 Å². The second-order valence-electron chi connectivity index (χ2n) is 3.41. The third kappa shape index (κ3) is 2.74. The number of carbonyl (C=O) groups excluding carboxylic acids is 1. The lowest BCUT2D eigenvalue weighted by Crippen LogP contribution is -2.39. The largest absolute Gasteiger partial charge is 0.365 e. The molecule has 0 radical (unpaired) electrons. The van der Waals surface area contributed by atoms with Crippen molar-refractivity contribution in [3.05, 3.63) is 0 Å². The number of rotatable bonds is 2. The van der Waals surface area contributed by atoms with E-state index in [1.54, 1.807) is 6.92 Å². The van der Waals surface area contributed by atoms with E-state index in [0.717, 1.165) is 12.8 Å². The Bertz CT molecular complexity index is 232. The SMILES string of the molecule is C#CC(C)NC(=O)C1CCC(C)O1. The van der Waals surface area contributed by atoms with Crippen LogP contribution in [0.5, 0.6) is 0 Å². The number of amides is 1. The average Bonchev–Trinajstić information content (AvgIpc) is 2.51. The Morgan fingerprint density at radius 3 is 2.85 bits per heavy atom. The van der Waals surface area contributed by atoms with Crippen LogP contribution in [0.3, 0.4) is 0 Å². The summed E-state index contributed by atoms with van der Waals surface area (Å²) in [5, 5.41) is 2.69. The van der Waals surface area contributed by atoms with E-state index < -0.39 is 0 Å². The summed E-state index contributed by atoms with van der Waals surface area (Å²) in [5.74, 6) is 2.35. The molecule has 0 aromatic carbocycles. The van der Waals surface area contributed by atoms with Crippen molar-refractivity contribution in [1.29, 1.82) is 0 Å². The van der Waals surface area contributed by atoms with Crippen LogP contribution < -0.4 is 5.32 Å². The highest BCUT2D eigenvalue weighted by Crippen LogP contribution is 2.18. The van der Waals surface area contributed by atoms with Crippen LogP contribution in [0.1, 0.15) is 26.7 Å². The molecule has 1 rings (SSSR count). The highest BCUT2D eigenvalue weighted by atomic mass is 16.5. The lowest BCUT2D eigenvalue weighted by molar-refractivity contribution is -0.132. The summed E-state index contributed by atoms with van der Waals surface area (Å²) in [7, 11) is 0. The predicted molar refractivity (Wildman–Crippen MR) is 50.0 cm³/mol. The minimum absolute atomic E-state index is 0.0881. The van der Waals surface area contributed by atoms with E-state index in [2.05, 4.69) is 11.2 Å². The molecular formula is C10H15NO2. The second-order valence-corrected chi connectivity index (χ2v) is 3.41. The van der Waals surface area contributed by atoms with Crippen molar-refractivity contribution in [1.82, 2.24) is 5.32 Å². The molecule has 0 aliphatic carbocycles. The number of nitrogens with one attached hydrogen (secondary N) is 1. The molecule has 1 aliphatic heterocycles. The third-order valence-electron chi connectivity index (χ3n) is 2.13. The number of carbonyl (C=O) groups is 1. The van der Waals surface area contributed by atoms with Crippen LogP contribution in [0, 0.1) is 12.3 Å². The molecule has 1 fully saturated rings. The van der Waals surface area contributed by atoms with Gasteiger partial charge < -0.3 is 10.1 Å². The van der Waals surface area contributed by atoms with Crippen molar-refractivity contribution >= 4 is 5.91 Å². The lowest BCUT2D eigenvalue weighted by atomic mass is 10.2. The number of ether oxygens (including phenoxy) is 1. The molecule has 3 unspecified atom stereocenters. The Labute approximate surface area is 78.8 Å². The molecule has 3 nitrogen and oxygen atoms in total. The first kappa shape index (κ1) is 10.1. The first-order chi connectivity index (χ1) is 6.13. The first-order valence-corrected chi connectivity index (χ1v) is 4.55. The van der Waals surface area contributed by atoms with Crippen LogP contribution in [0.15, 0.2) is 0 Å². The van der Waals surface area contributed by atoms with E-state index in [1.165, 1.54) is 0 Å². The molecule has 3 atom stereocenters. The monoisotopic (exact) mass is 181 g/mol. The molecule has 13 heavy (non-hydrogen) atoms. The average molecular weight is 181 g/mol. The maximum atomic E-state index is 11.4. The maximum Gasteiger partial charge on any atom is 0.250 e. The Hall–Kier alpha value is -1.01. The van der Waals surface area contributed by atoms with Crippen LogP contribution in [0.25, 0.3) is 0 Å². The van der Waals surface area contributed by atoms with Crippen molar-refractivity contribution in [2.75, 3.05) is 0 Å². The van der Waals surface area contributed by atoms with Crippen molar-refractivity contribution in [2.24, 2.45) is 0 Å². The van der Waals surface area contributed by atoms with Gasteiger partial charge >= 0.3 is 0 Å². The fraction of sp³-hybridized carbons (Fsp3) is 0.700. The summed E-state index contributed by atoms with van der Waals surface area (Å²) in [5.41, 5.74) is 0. The van der Waals surface area contributed by atoms with E-state index in [9.17, 15) is 4.79 Å². The summed E-state index contributed by atoms with van der Waals surface area (Å²) < 4.78 is 5.39. The van der Waals surface area contributed by atoms with Gasteiger partial charge in [-0.15, -0.1) is 6.42 Å². The number of terminal acetylenes is 1. The molecule has 1 aliphatic rings. The Balaban J connectivity index is 2.37. The third-order valence-corrected chi connectivity index (χ3v) is 2.13. The summed E-state index contributed by atoms with van der Waals surface area (Å²) in [4.78, 5) is 11.4. The molecule has 0 spiro atoms. The topological polar surface area (TPSA) is 38.3 Å². The van der Waals surface area contributed by atoms with Crippen molar-refractivity contribution in [2.45, 2.75) is 44.9 Å². The molecule has 1 amide bonds. The Kier molecular flexibility index (Phi) is 3.32. The maximum absolute atomic E-state index is 11.4. The number of hydrogen-bond donors (Lipinski definition) is 1. The Morgan fingerprint density at radius 1 is 1.69 bits per heavy atom. The molecular weight excluding hydrogens is 166 g/mol. The van der Waals surface area contributed by atoms with Gasteiger partial charge in [0.15, 0.2) is 0 Å². The summed E-state index contributed by atoms with van der Waals surface area (Å²) in [6, 6.07) is -0.216. The van der Waals surface area contributed by atoms with Crippen LogP contribution in [-0.2, 0) is 9.53 Å². The first-order valence-electron chi connectivity index (χ1n) is 4.55. The van der Waals surface area contributed by atoms with Gasteiger partial charge in [-0.1, -0.05) is 5.92 Å². The molecule has 1 N–H and O–H groups in total. The van der Waals surface area contributed by atoms with E-state index in [0.29, 0.717) is 0 Å².